The number of carbonyl (C=O) groups is 2. The van der Waals surface area contributed by atoms with E-state index in [0.717, 1.165) is 44.2 Å². The summed E-state index contributed by atoms with van der Waals surface area (Å²) in [6.45, 7) is 8.60. The third-order valence-electron chi connectivity index (χ3n) is 8.33. The first-order valence-corrected chi connectivity index (χ1v) is 11.9. The number of carbonyl (C=O) groups excluding carboxylic acids is 2. The summed E-state index contributed by atoms with van der Waals surface area (Å²) in [7, 11) is 0. The second-order valence-corrected chi connectivity index (χ2v) is 11.2. The number of rotatable bonds is 2. The van der Waals surface area contributed by atoms with E-state index in [9.17, 15) is 14.7 Å². The summed E-state index contributed by atoms with van der Waals surface area (Å²) in [5, 5.41) is 12.6. The van der Waals surface area contributed by atoms with Crippen LogP contribution in [0.1, 0.15) is 63.1 Å². The van der Waals surface area contributed by atoms with Crippen LogP contribution in [0.4, 0.5) is 0 Å². The molecular weight excluding hydrogens is 424 g/mol. The van der Waals surface area contributed by atoms with Crippen LogP contribution in [0.5, 0.6) is 5.75 Å². The molecule has 0 bridgehead atoms. The Morgan fingerprint density at radius 1 is 1.09 bits per heavy atom. The molecule has 2 unspecified atom stereocenters. The molecule has 4 heteroatoms. The molecule has 4 nitrogen and oxygen atoms in total. The number of furan rings is 1. The molecule has 0 radical (unpaired) electrons. The zero-order valence-electron chi connectivity index (χ0n) is 19.9. The van der Waals surface area contributed by atoms with Crippen molar-refractivity contribution in [3.8, 4) is 5.75 Å². The van der Waals surface area contributed by atoms with Crippen molar-refractivity contribution in [2.24, 2.45) is 11.3 Å². The lowest BCUT2D eigenvalue weighted by atomic mass is 9.55. The van der Waals surface area contributed by atoms with Crippen molar-refractivity contribution < 1.29 is 19.1 Å². The molecule has 6 rings (SSSR count). The van der Waals surface area contributed by atoms with Gasteiger partial charge in [-0.2, -0.15) is 0 Å². The van der Waals surface area contributed by atoms with Crippen molar-refractivity contribution in [2.75, 3.05) is 0 Å². The third-order valence-corrected chi connectivity index (χ3v) is 8.33. The number of phenolic OH excluding ortho intramolecular Hbond substituents is 1. The lowest BCUT2D eigenvalue weighted by molar-refractivity contribution is -0.130. The van der Waals surface area contributed by atoms with Gasteiger partial charge in [0, 0.05) is 39.2 Å². The maximum Gasteiger partial charge on any atom is 0.167 e. The molecule has 1 aromatic heterocycles. The van der Waals surface area contributed by atoms with Crippen LogP contribution in [0.25, 0.3) is 16.8 Å². The van der Waals surface area contributed by atoms with Gasteiger partial charge >= 0.3 is 0 Å². The quantitative estimate of drug-likeness (QED) is 0.452. The molecular formula is C30H28O4. The van der Waals surface area contributed by atoms with Gasteiger partial charge in [-0.05, 0) is 29.0 Å². The zero-order valence-corrected chi connectivity index (χ0v) is 19.9. The predicted octanol–water partition coefficient (Wildman–Crippen LogP) is 6.48. The molecule has 0 aliphatic heterocycles. The fourth-order valence-electron chi connectivity index (χ4n) is 6.77. The summed E-state index contributed by atoms with van der Waals surface area (Å²) in [5.41, 5.74) is 4.91. The van der Waals surface area contributed by atoms with Crippen LogP contribution < -0.4 is 0 Å². The van der Waals surface area contributed by atoms with E-state index < -0.39 is 5.41 Å². The Bertz CT molecular complexity index is 1450. The SMILES string of the molecule is CC1(C)CC2=C(C(=O)CC(=O)C2C(C)(C)c2ccccc2)C2C1=Cc1c(O)cc3cocc3c12. The van der Waals surface area contributed by atoms with Gasteiger partial charge in [0.15, 0.2) is 5.78 Å². The fraction of sp³-hybridized carbons (Fsp3) is 0.333. The number of fused-ring (bicyclic) bond motifs is 6. The number of hydrogen-bond donors (Lipinski definition) is 1. The van der Waals surface area contributed by atoms with Crippen molar-refractivity contribution >= 4 is 28.4 Å². The van der Waals surface area contributed by atoms with E-state index >= 15 is 0 Å². The molecule has 0 saturated heterocycles. The molecule has 0 spiro atoms. The Kier molecular flexibility index (Phi) is 4.24. The van der Waals surface area contributed by atoms with Crippen molar-refractivity contribution in [1.29, 1.82) is 0 Å². The molecule has 2 atom stereocenters. The summed E-state index contributed by atoms with van der Waals surface area (Å²) < 4.78 is 5.50. The normalized spacial score (nSPS) is 23.6. The molecule has 3 aliphatic carbocycles. The van der Waals surface area contributed by atoms with Gasteiger partial charge < -0.3 is 9.52 Å². The van der Waals surface area contributed by atoms with Crippen molar-refractivity contribution in [2.45, 2.75) is 51.9 Å². The van der Waals surface area contributed by atoms with Gasteiger partial charge in [0.25, 0.3) is 0 Å². The second-order valence-electron chi connectivity index (χ2n) is 11.2. The van der Waals surface area contributed by atoms with E-state index in [4.69, 9.17) is 4.42 Å². The van der Waals surface area contributed by atoms with Crippen LogP contribution in [0.2, 0.25) is 0 Å². The van der Waals surface area contributed by atoms with Gasteiger partial charge in [-0.1, -0.05) is 75.2 Å². The van der Waals surface area contributed by atoms with Gasteiger partial charge in [0.1, 0.15) is 11.5 Å². The van der Waals surface area contributed by atoms with Crippen molar-refractivity contribution in [3.63, 3.8) is 0 Å². The minimum Gasteiger partial charge on any atom is -0.507 e. The summed E-state index contributed by atoms with van der Waals surface area (Å²) in [6.07, 6.45) is 5.96. The van der Waals surface area contributed by atoms with Crippen LogP contribution in [-0.4, -0.2) is 16.7 Å². The zero-order chi connectivity index (χ0) is 24.0. The first-order valence-electron chi connectivity index (χ1n) is 11.9. The maximum absolute atomic E-state index is 13.6. The van der Waals surface area contributed by atoms with E-state index in [2.05, 4.69) is 45.9 Å². The lowest BCUT2D eigenvalue weighted by Crippen LogP contribution is -2.45. The average molecular weight is 453 g/mol. The molecule has 0 saturated carbocycles. The van der Waals surface area contributed by atoms with E-state index in [1.165, 1.54) is 0 Å². The number of hydrogen-bond acceptors (Lipinski definition) is 4. The highest BCUT2D eigenvalue weighted by Gasteiger charge is 2.53. The predicted molar refractivity (Wildman–Crippen MR) is 132 cm³/mol. The Morgan fingerprint density at radius 2 is 1.82 bits per heavy atom. The number of benzene rings is 2. The van der Waals surface area contributed by atoms with Gasteiger partial charge in [-0.25, -0.2) is 0 Å². The van der Waals surface area contributed by atoms with Crippen LogP contribution in [-0.2, 0) is 15.0 Å². The summed E-state index contributed by atoms with van der Waals surface area (Å²) in [4.78, 5) is 27.1. The molecule has 2 aromatic carbocycles. The Morgan fingerprint density at radius 3 is 2.56 bits per heavy atom. The summed E-state index contributed by atoms with van der Waals surface area (Å²) >= 11 is 0. The second kappa shape index (κ2) is 6.82. The third kappa shape index (κ3) is 2.71. The fourth-order valence-corrected chi connectivity index (χ4v) is 6.77. The first-order chi connectivity index (χ1) is 16.1. The lowest BCUT2D eigenvalue weighted by Gasteiger charge is -2.47. The maximum atomic E-state index is 13.6. The molecule has 34 heavy (non-hydrogen) atoms. The number of Topliss-reactive ketones (excluding diaryl/α,β-unsaturated/α-hetero) is 2. The summed E-state index contributed by atoms with van der Waals surface area (Å²) in [5.74, 6) is -0.521. The van der Waals surface area contributed by atoms with E-state index in [1.54, 1.807) is 18.6 Å². The Hall–Kier alpha value is -3.40. The molecule has 1 heterocycles. The number of allylic oxidation sites excluding steroid dienone is 3. The van der Waals surface area contributed by atoms with E-state index in [0.29, 0.717) is 6.42 Å². The standard InChI is InChI=1S/C30H28O4/c1-29(2)13-19-26(23(32)12-24(33)28(19)30(3,4)17-8-6-5-7-9-17)27-21(29)11-18-22(31)10-16-14-34-15-20(16)25(18)27/h5-11,14-15,27-28,31H,12-13H2,1-4H3. The number of phenols is 1. The first kappa shape index (κ1) is 21.2. The Balaban J connectivity index is 1.64. The highest BCUT2D eigenvalue weighted by Crippen LogP contribution is 2.61. The minimum absolute atomic E-state index is 0.00317. The van der Waals surface area contributed by atoms with Gasteiger partial charge in [-0.15, -0.1) is 0 Å². The number of ketones is 2. The highest BCUT2D eigenvalue weighted by atomic mass is 16.3. The van der Waals surface area contributed by atoms with Crippen LogP contribution in [0.3, 0.4) is 0 Å². The molecule has 3 aliphatic rings. The average Bonchev–Trinajstić information content (AvgIpc) is 3.39. The van der Waals surface area contributed by atoms with Gasteiger partial charge in [0.2, 0.25) is 0 Å². The highest BCUT2D eigenvalue weighted by molar-refractivity contribution is 6.15. The number of aromatic hydroxyl groups is 1. The topological polar surface area (TPSA) is 67.5 Å². The molecule has 0 fully saturated rings. The monoisotopic (exact) mass is 452 g/mol. The van der Waals surface area contributed by atoms with Crippen molar-refractivity contribution in [3.05, 3.63) is 82.3 Å². The molecule has 1 N–H and O–H groups in total. The van der Waals surface area contributed by atoms with Crippen LogP contribution in [0, 0.1) is 11.3 Å². The molecule has 0 amide bonds. The minimum atomic E-state index is -0.456. The van der Waals surface area contributed by atoms with E-state index in [-0.39, 0.29) is 41.0 Å². The van der Waals surface area contributed by atoms with Gasteiger partial charge in [0.05, 0.1) is 18.9 Å². The van der Waals surface area contributed by atoms with E-state index in [1.807, 2.05) is 18.2 Å². The molecule has 172 valence electrons. The van der Waals surface area contributed by atoms with Crippen LogP contribution in [0.15, 0.2) is 70.1 Å². The summed E-state index contributed by atoms with van der Waals surface area (Å²) in [6, 6.07) is 11.9. The van der Waals surface area contributed by atoms with Crippen LogP contribution >= 0.6 is 0 Å². The van der Waals surface area contributed by atoms with Crippen molar-refractivity contribution in [1.82, 2.24) is 0 Å². The van der Waals surface area contributed by atoms with Gasteiger partial charge in [-0.3, -0.25) is 9.59 Å². The largest absolute Gasteiger partial charge is 0.507 e. The molecule has 3 aromatic rings. The smallest absolute Gasteiger partial charge is 0.167 e. The Labute approximate surface area is 199 Å².